The number of benzene rings is 3. The molecule has 220 valence electrons. The molecular formula is C32H41N3O5S. The minimum atomic E-state index is -4.14. The molecule has 3 aromatic rings. The fraction of sp³-hybridized carbons (Fsp3) is 0.375. The Kier molecular flexibility index (Phi) is 11.3. The highest BCUT2D eigenvalue weighted by Crippen LogP contribution is 2.26. The van der Waals surface area contributed by atoms with Gasteiger partial charge in [0.25, 0.3) is 10.0 Å². The molecule has 0 aliphatic rings. The number of unbranched alkanes of at least 4 members (excludes halogenated alkanes) is 1. The third kappa shape index (κ3) is 8.57. The van der Waals surface area contributed by atoms with Gasteiger partial charge in [0.05, 0.1) is 17.2 Å². The average Bonchev–Trinajstić information content (AvgIpc) is 2.95. The monoisotopic (exact) mass is 579 g/mol. The van der Waals surface area contributed by atoms with Crippen LogP contribution in [0.2, 0.25) is 0 Å². The van der Waals surface area contributed by atoms with Gasteiger partial charge < -0.3 is 15.0 Å². The Morgan fingerprint density at radius 3 is 2.22 bits per heavy atom. The zero-order valence-corrected chi connectivity index (χ0v) is 25.4. The molecule has 0 saturated heterocycles. The van der Waals surface area contributed by atoms with Gasteiger partial charge in [-0.05, 0) is 76.1 Å². The van der Waals surface area contributed by atoms with E-state index in [1.54, 1.807) is 43.3 Å². The highest BCUT2D eigenvalue weighted by Gasteiger charge is 2.32. The van der Waals surface area contributed by atoms with Gasteiger partial charge in [0, 0.05) is 13.1 Å². The lowest BCUT2D eigenvalue weighted by Gasteiger charge is -2.32. The van der Waals surface area contributed by atoms with Crippen LogP contribution < -0.4 is 14.4 Å². The molecule has 2 amide bonds. The molecule has 1 N–H and O–H groups in total. The van der Waals surface area contributed by atoms with Gasteiger partial charge in [0.15, 0.2) is 0 Å². The summed E-state index contributed by atoms with van der Waals surface area (Å²) in [6, 6.07) is 20.0. The number of nitrogens with zero attached hydrogens (tertiary/aromatic N) is 2. The van der Waals surface area contributed by atoms with Crippen LogP contribution in [0.1, 0.15) is 50.3 Å². The van der Waals surface area contributed by atoms with Crippen LogP contribution in [-0.4, -0.2) is 50.9 Å². The minimum Gasteiger partial charge on any atom is -0.494 e. The van der Waals surface area contributed by atoms with E-state index in [1.165, 1.54) is 17.0 Å². The van der Waals surface area contributed by atoms with E-state index in [0.717, 1.165) is 33.8 Å². The van der Waals surface area contributed by atoms with E-state index in [9.17, 15) is 18.0 Å². The summed E-state index contributed by atoms with van der Waals surface area (Å²) in [5, 5.41) is 2.90. The summed E-state index contributed by atoms with van der Waals surface area (Å²) in [6.45, 7) is 10.1. The number of rotatable bonds is 14. The quantitative estimate of drug-likeness (QED) is 0.264. The zero-order chi connectivity index (χ0) is 30.0. The van der Waals surface area contributed by atoms with E-state index in [-0.39, 0.29) is 17.3 Å². The van der Waals surface area contributed by atoms with Crippen LogP contribution >= 0.6 is 0 Å². The number of amides is 2. The molecule has 0 heterocycles. The third-order valence-electron chi connectivity index (χ3n) is 6.76. The van der Waals surface area contributed by atoms with Gasteiger partial charge in [-0.25, -0.2) is 8.42 Å². The molecule has 8 nitrogen and oxygen atoms in total. The van der Waals surface area contributed by atoms with E-state index in [0.29, 0.717) is 24.6 Å². The minimum absolute atomic E-state index is 0.0323. The van der Waals surface area contributed by atoms with E-state index in [1.807, 2.05) is 52.0 Å². The molecule has 0 spiro atoms. The van der Waals surface area contributed by atoms with Crippen LogP contribution in [0.15, 0.2) is 77.7 Å². The summed E-state index contributed by atoms with van der Waals surface area (Å²) in [4.78, 5) is 28.5. The first kappa shape index (κ1) is 31.7. The summed E-state index contributed by atoms with van der Waals surface area (Å²) in [5.74, 6) is -0.216. The van der Waals surface area contributed by atoms with Crippen LogP contribution in [0.25, 0.3) is 0 Å². The van der Waals surface area contributed by atoms with Gasteiger partial charge in [0.2, 0.25) is 11.8 Å². The summed E-state index contributed by atoms with van der Waals surface area (Å²) in [5.41, 5.74) is 3.18. The smallest absolute Gasteiger partial charge is 0.264 e. The van der Waals surface area contributed by atoms with E-state index >= 15 is 0 Å². The van der Waals surface area contributed by atoms with Crippen molar-refractivity contribution >= 4 is 27.5 Å². The van der Waals surface area contributed by atoms with E-state index in [4.69, 9.17) is 4.74 Å². The molecule has 0 aliphatic carbocycles. The zero-order valence-electron chi connectivity index (χ0n) is 24.6. The van der Waals surface area contributed by atoms with Gasteiger partial charge in [-0.2, -0.15) is 0 Å². The number of nitrogens with one attached hydrogen (secondary N) is 1. The average molecular weight is 580 g/mol. The predicted octanol–water partition coefficient (Wildman–Crippen LogP) is 5.23. The van der Waals surface area contributed by atoms with Gasteiger partial charge in [-0.3, -0.25) is 13.9 Å². The fourth-order valence-electron chi connectivity index (χ4n) is 4.37. The van der Waals surface area contributed by atoms with Crippen molar-refractivity contribution < 1.29 is 22.7 Å². The lowest BCUT2D eigenvalue weighted by atomic mass is 10.1. The molecule has 1 atom stereocenters. The number of sulfonamides is 1. The first-order chi connectivity index (χ1) is 19.6. The molecule has 0 aliphatic heterocycles. The second-order valence-electron chi connectivity index (χ2n) is 10.1. The third-order valence-corrected chi connectivity index (χ3v) is 8.54. The number of hydrogen-bond donors (Lipinski definition) is 1. The van der Waals surface area contributed by atoms with Crippen LogP contribution in [0.3, 0.4) is 0 Å². The topological polar surface area (TPSA) is 96.0 Å². The Bertz CT molecular complexity index is 1410. The fourth-order valence-corrected chi connectivity index (χ4v) is 5.78. The maximum atomic E-state index is 14.0. The highest BCUT2D eigenvalue weighted by atomic mass is 32.2. The Labute approximate surface area is 244 Å². The lowest BCUT2D eigenvalue weighted by molar-refractivity contribution is -0.139. The van der Waals surface area contributed by atoms with Crippen molar-refractivity contribution in [3.63, 3.8) is 0 Å². The molecule has 0 bridgehead atoms. The Morgan fingerprint density at radius 2 is 1.61 bits per heavy atom. The van der Waals surface area contributed by atoms with Crippen LogP contribution in [0, 0.1) is 13.8 Å². The number of ether oxygens (including phenoxy) is 1. The number of anilines is 1. The van der Waals surface area contributed by atoms with Gasteiger partial charge in [-0.15, -0.1) is 0 Å². The molecule has 0 aromatic heterocycles. The standard InChI is InChI=1S/C32H41N3O5S/c1-6-8-20-33-32(37)26(5)34(22-27-11-9-10-25(4)21-27)31(36)23-35(28-14-12-24(3)13-15-28)41(38,39)30-18-16-29(17-19-30)40-7-2/h9-19,21,26H,6-8,20,22-23H2,1-5H3,(H,33,37)/t26-/m0/s1. The number of carbonyl (C=O) groups excluding carboxylic acids is 2. The van der Waals surface area contributed by atoms with Crippen molar-refractivity contribution in [3.05, 3.63) is 89.5 Å². The van der Waals surface area contributed by atoms with Crippen molar-refractivity contribution in [3.8, 4) is 5.75 Å². The van der Waals surface area contributed by atoms with Gasteiger partial charge >= 0.3 is 0 Å². The summed E-state index contributed by atoms with van der Waals surface area (Å²) < 4.78 is 34.5. The number of carbonyl (C=O) groups is 2. The molecule has 3 rings (SSSR count). The van der Waals surface area contributed by atoms with E-state index < -0.39 is 28.5 Å². The van der Waals surface area contributed by atoms with Gasteiger partial charge in [0.1, 0.15) is 18.3 Å². The largest absolute Gasteiger partial charge is 0.494 e. The SMILES string of the molecule is CCCCNC(=O)[C@H](C)N(Cc1cccc(C)c1)C(=O)CN(c1ccc(C)cc1)S(=O)(=O)c1ccc(OCC)cc1. The molecule has 9 heteroatoms. The van der Waals surface area contributed by atoms with Gasteiger partial charge in [-0.1, -0.05) is 60.9 Å². The van der Waals surface area contributed by atoms with Crippen molar-refractivity contribution in [1.29, 1.82) is 0 Å². The Balaban J connectivity index is 1.99. The second kappa shape index (κ2) is 14.7. The van der Waals surface area contributed by atoms with E-state index in [2.05, 4.69) is 5.32 Å². The Hall–Kier alpha value is -3.85. The maximum absolute atomic E-state index is 14.0. The van der Waals surface area contributed by atoms with Crippen molar-refractivity contribution in [2.24, 2.45) is 0 Å². The maximum Gasteiger partial charge on any atom is 0.264 e. The first-order valence-electron chi connectivity index (χ1n) is 14.0. The molecule has 0 unspecified atom stereocenters. The summed E-state index contributed by atoms with van der Waals surface area (Å²) in [7, 11) is -4.14. The van der Waals surface area contributed by atoms with Crippen LogP contribution in [-0.2, 0) is 26.2 Å². The molecule has 0 saturated carbocycles. The first-order valence-corrected chi connectivity index (χ1v) is 15.5. The molecule has 0 radical (unpaired) electrons. The second-order valence-corrected chi connectivity index (χ2v) is 11.9. The van der Waals surface area contributed by atoms with Crippen molar-refractivity contribution in [1.82, 2.24) is 10.2 Å². The lowest BCUT2D eigenvalue weighted by Crippen LogP contribution is -2.51. The molecule has 3 aromatic carbocycles. The molecular weight excluding hydrogens is 538 g/mol. The highest BCUT2D eigenvalue weighted by molar-refractivity contribution is 7.92. The summed E-state index contributed by atoms with van der Waals surface area (Å²) in [6.07, 6.45) is 1.75. The number of aryl methyl sites for hydroxylation is 2. The number of hydrogen-bond acceptors (Lipinski definition) is 5. The predicted molar refractivity (Wildman–Crippen MR) is 162 cm³/mol. The van der Waals surface area contributed by atoms with Crippen molar-refractivity contribution in [2.45, 2.75) is 64.9 Å². The van der Waals surface area contributed by atoms with Crippen molar-refractivity contribution in [2.75, 3.05) is 24.0 Å². The van der Waals surface area contributed by atoms with Crippen LogP contribution in [0.4, 0.5) is 5.69 Å². The molecule has 41 heavy (non-hydrogen) atoms. The Morgan fingerprint density at radius 1 is 0.927 bits per heavy atom. The summed E-state index contributed by atoms with van der Waals surface area (Å²) >= 11 is 0. The van der Waals surface area contributed by atoms with Crippen LogP contribution in [0.5, 0.6) is 5.75 Å². The molecule has 0 fully saturated rings. The normalized spacial score (nSPS) is 11.9.